The summed E-state index contributed by atoms with van der Waals surface area (Å²) in [7, 11) is 1.56. The first-order valence-corrected chi connectivity index (χ1v) is 7.38. The van der Waals surface area contributed by atoms with E-state index in [9.17, 15) is 9.59 Å². The number of ether oxygens (including phenoxy) is 1. The monoisotopic (exact) mass is 312 g/mol. The second-order valence-corrected chi connectivity index (χ2v) is 5.09. The van der Waals surface area contributed by atoms with Crippen molar-refractivity contribution in [3.8, 4) is 5.75 Å². The van der Waals surface area contributed by atoms with E-state index in [1.54, 1.807) is 25.3 Å². The Balaban J connectivity index is 1.95. The third-order valence-electron chi connectivity index (χ3n) is 3.31. The number of carbonyl (C=O) groups is 2. The highest BCUT2D eigenvalue weighted by Crippen LogP contribution is 2.25. The standard InChI is InChI=1S/C18H20N2O3/c1-13(21)20-16-12-14(8-9-17(16)23-2)10-11-19-18(22)15-6-4-3-5-7-15/h3-9,12H,10-11H2,1-2H3,(H,19,22)(H,20,21). The average Bonchev–Trinajstić information content (AvgIpc) is 2.55. The molecule has 0 atom stereocenters. The third-order valence-corrected chi connectivity index (χ3v) is 3.31. The molecule has 2 aromatic carbocycles. The van der Waals surface area contributed by atoms with Gasteiger partial charge in [0.1, 0.15) is 5.75 Å². The number of hydrogen-bond donors (Lipinski definition) is 2. The maximum Gasteiger partial charge on any atom is 0.251 e. The van der Waals surface area contributed by atoms with Gasteiger partial charge in [-0.1, -0.05) is 24.3 Å². The van der Waals surface area contributed by atoms with Crippen LogP contribution in [0.4, 0.5) is 5.69 Å². The minimum Gasteiger partial charge on any atom is -0.495 e. The molecule has 0 saturated carbocycles. The van der Waals surface area contributed by atoms with Crippen LogP contribution in [-0.2, 0) is 11.2 Å². The maximum absolute atomic E-state index is 12.0. The maximum atomic E-state index is 12.0. The van der Waals surface area contributed by atoms with Crippen molar-refractivity contribution in [2.45, 2.75) is 13.3 Å². The molecule has 0 heterocycles. The van der Waals surface area contributed by atoms with Crippen LogP contribution in [0.15, 0.2) is 48.5 Å². The van der Waals surface area contributed by atoms with Crippen LogP contribution < -0.4 is 15.4 Å². The fourth-order valence-electron chi connectivity index (χ4n) is 2.21. The molecule has 0 fully saturated rings. The van der Waals surface area contributed by atoms with Crippen LogP contribution in [0.2, 0.25) is 0 Å². The van der Waals surface area contributed by atoms with E-state index in [1.807, 2.05) is 30.3 Å². The van der Waals surface area contributed by atoms with Crippen LogP contribution in [0.25, 0.3) is 0 Å². The fourth-order valence-corrected chi connectivity index (χ4v) is 2.21. The normalized spacial score (nSPS) is 10.0. The summed E-state index contributed by atoms with van der Waals surface area (Å²) in [5, 5.41) is 5.62. The Hall–Kier alpha value is -2.82. The number of hydrogen-bond acceptors (Lipinski definition) is 3. The van der Waals surface area contributed by atoms with Gasteiger partial charge in [0.15, 0.2) is 0 Å². The van der Waals surface area contributed by atoms with Crippen molar-refractivity contribution < 1.29 is 14.3 Å². The van der Waals surface area contributed by atoms with Gasteiger partial charge in [0.05, 0.1) is 12.8 Å². The molecule has 5 nitrogen and oxygen atoms in total. The van der Waals surface area contributed by atoms with Gasteiger partial charge in [0.2, 0.25) is 5.91 Å². The number of rotatable bonds is 6. The van der Waals surface area contributed by atoms with Crippen LogP contribution in [0.5, 0.6) is 5.75 Å². The Labute approximate surface area is 135 Å². The van der Waals surface area contributed by atoms with Gasteiger partial charge < -0.3 is 15.4 Å². The number of methoxy groups -OCH3 is 1. The Morgan fingerprint density at radius 3 is 2.48 bits per heavy atom. The summed E-state index contributed by atoms with van der Waals surface area (Å²) in [6.07, 6.45) is 0.662. The first-order chi connectivity index (χ1) is 11.1. The molecule has 0 aliphatic heterocycles. The van der Waals surface area contributed by atoms with Gasteiger partial charge in [-0.15, -0.1) is 0 Å². The summed E-state index contributed by atoms with van der Waals surface area (Å²) >= 11 is 0. The van der Waals surface area contributed by atoms with Crippen LogP contribution in [0.3, 0.4) is 0 Å². The molecule has 0 saturated heterocycles. The molecule has 23 heavy (non-hydrogen) atoms. The smallest absolute Gasteiger partial charge is 0.251 e. The van der Waals surface area contributed by atoms with Gasteiger partial charge in [-0.25, -0.2) is 0 Å². The van der Waals surface area contributed by atoms with Crippen LogP contribution in [-0.4, -0.2) is 25.5 Å². The second kappa shape index (κ2) is 7.98. The van der Waals surface area contributed by atoms with Crippen molar-refractivity contribution in [2.75, 3.05) is 19.0 Å². The molecular formula is C18H20N2O3. The molecule has 0 aliphatic rings. The predicted octanol–water partition coefficient (Wildman–Crippen LogP) is 2.63. The molecule has 120 valence electrons. The Morgan fingerprint density at radius 1 is 1.09 bits per heavy atom. The van der Waals surface area contributed by atoms with Gasteiger partial charge >= 0.3 is 0 Å². The first-order valence-electron chi connectivity index (χ1n) is 7.38. The molecule has 0 bridgehead atoms. The van der Waals surface area contributed by atoms with Crippen molar-refractivity contribution in [1.82, 2.24) is 5.32 Å². The number of amides is 2. The largest absolute Gasteiger partial charge is 0.495 e. The molecule has 0 aromatic heterocycles. The lowest BCUT2D eigenvalue weighted by Gasteiger charge is -2.11. The number of benzene rings is 2. The van der Waals surface area contributed by atoms with E-state index in [0.717, 1.165) is 5.56 Å². The summed E-state index contributed by atoms with van der Waals surface area (Å²) in [6.45, 7) is 1.96. The van der Waals surface area contributed by atoms with E-state index >= 15 is 0 Å². The molecule has 2 rings (SSSR count). The quantitative estimate of drug-likeness (QED) is 0.861. The summed E-state index contributed by atoms with van der Waals surface area (Å²) in [6, 6.07) is 14.7. The lowest BCUT2D eigenvalue weighted by atomic mass is 10.1. The van der Waals surface area contributed by atoms with Gasteiger partial charge in [0, 0.05) is 19.0 Å². The Morgan fingerprint density at radius 2 is 1.83 bits per heavy atom. The Bertz CT molecular complexity index is 684. The summed E-state index contributed by atoms with van der Waals surface area (Å²) in [5.41, 5.74) is 2.27. The fraction of sp³-hybridized carbons (Fsp3) is 0.222. The number of carbonyl (C=O) groups excluding carboxylic acids is 2. The summed E-state index contributed by atoms with van der Waals surface area (Å²) < 4.78 is 5.22. The predicted molar refractivity (Wildman–Crippen MR) is 89.8 cm³/mol. The minimum absolute atomic E-state index is 0.0961. The molecule has 2 amide bonds. The summed E-state index contributed by atoms with van der Waals surface area (Å²) in [4.78, 5) is 23.2. The van der Waals surface area contributed by atoms with Gasteiger partial charge in [0.25, 0.3) is 5.91 Å². The van der Waals surface area contributed by atoms with Gasteiger partial charge in [-0.05, 0) is 36.2 Å². The van der Waals surface area contributed by atoms with E-state index in [4.69, 9.17) is 4.74 Å². The zero-order valence-corrected chi connectivity index (χ0v) is 13.3. The van der Waals surface area contributed by atoms with Crippen molar-refractivity contribution >= 4 is 17.5 Å². The molecule has 0 radical (unpaired) electrons. The molecule has 5 heteroatoms. The van der Waals surface area contributed by atoms with E-state index in [2.05, 4.69) is 10.6 Å². The van der Waals surface area contributed by atoms with Crippen LogP contribution in [0.1, 0.15) is 22.8 Å². The highest BCUT2D eigenvalue weighted by atomic mass is 16.5. The van der Waals surface area contributed by atoms with Crippen molar-refractivity contribution in [3.05, 3.63) is 59.7 Å². The van der Waals surface area contributed by atoms with Crippen LogP contribution in [0, 0.1) is 0 Å². The minimum atomic E-state index is -0.155. The number of anilines is 1. The second-order valence-electron chi connectivity index (χ2n) is 5.09. The number of nitrogens with one attached hydrogen (secondary N) is 2. The zero-order valence-electron chi connectivity index (χ0n) is 13.3. The SMILES string of the molecule is COc1ccc(CCNC(=O)c2ccccc2)cc1NC(C)=O. The lowest BCUT2D eigenvalue weighted by Crippen LogP contribution is -2.25. The van der Waals surface area contributed by atoms with E-state index in [0.29, 0.717) is 30.0 Å². The van der Waals surface area contributed by atoms with E-state index in [-0.39, 0.29) is 11.8 Å². The van der Waals surface area contributed by atoms with Crippen LogP contribution >= 0.6 is 0 Å². The summed E-state index contributed by atoms with van der Waals surface area (Å²) in [5.74, 6) is 0.358. The Kier molecular flexibility index (Phi) is 5.74. The topological polar surface area (TPSA) is 67.4 Å². The van der Waals surface area contributed by atoms with Gasteiger partial charge in [-0.2, -0.15) is 0 Å². The van der Waals surface area contributed by atoms with Crippen molar-refractivity contribution in [2.24, 2.45) is 0 Å². The lowest BCUT2D eigenvalue weighted by molar-refractivity contribution is -0.114. The van der Waals surface area contributed by atoms with Crippen molar-refractivity contribution in [3.63, 3.8) is 0 Å². The van der Waals surface area contributed by atoms with E-state index < -0.39 is 0 Å². The molecular weight excluding hydrogens is 292 g/mol. The molecule has 2 aromatic rings. The zero-order chi connectivity index (χ0) is 16.7. The highest BCUT2D eigenvalue weighted by Gasteiger charge is 2.07. The molecule has 0 unspecified atom stereocenters. The van der Waals surface area contributed by atoms with Crippen molar-refractivity contribution in [1.29, 1.82) is 0 Å². The van der Waals surface area contributed by atoms with E-state index in [1.165, 1.54) is 6.92 Å². The molecule has 0 aliphatic carbocycles. The third kappa shape index (κ3) is 4.85. The highest BCUT2D eigenvalue weighted by molar-refractivity contribution is 5.94. The first kappa shape index (κ1) is 16.5. The molecule has 0 spiro atoms. The molecule has 2 N–H and O–H groups in total. The van der Waals surface area contributed by atoms with Gasteiger partial charge in [-0.3, -0.25) is 9.59 Å². The average molecular weight is 312 g/mol.